The van der Waals surface area contributed by atoms with Crippen LogP contribution in [0.5, 0.6) is 0 Å². The highest BCUT2D eigenvalue weighted by atomic mass is 32.1. The standard InChI is InChI=1S/C19H23N7S/c1-24-10-6-16(18-17(24)3-2-7-21-18)22-23-19(27)26-13-11-25(12-14-26)15-4-8-20-9-5-15/h2-5,7-9H,6,10-14H2,1H3,(H,23,27)/b22-16-. The molecule has 0 unspecified atom stereocenters. The molecule has 0 bridgehead atoms. The number of aromatic nitrogens is 2. The summed E-state index contributed by atoms with van der Waals surface area (Å²) in [5.74, 6) is 0. The van der Waals surface area contributed by atoms with Crippen molar-refractivity contribution < 1.29 is 0 Å². The molecule has 7 nitrogen and oxygen atoms in total. The third kappa shape index (κ3) is 3.85. The number of piperazine rings is 1. The van der Waals surface area contributed by atoms with Crippen molar-refractivity contribution in [2.45, 2.75) is 6.42 Å². The van der Waals surface area contributed by atoms with E-state index in [1.54, 1.807) is 0 Å². The molecule has 1 saturated heterocycles. The van der Waals surface area contributed by atoms with Gasteiger partial charge < -0.3 is 14.7 Å². The summed E-state index contributed by atoms with van der Waals surface area (Å²) in [6.45, 7) is 4.53. The molecule has 2 aromatic heterocycles. The first-order chi connectivity index (χ1) is 13.2. The lowest BCUT2D eigenvalue weighted by Crippen LogP contribution is -2.51. The first kappa shape index (κ1) is 17.7. The maximum absolute atomic E-state index is 5.57. The molecule has 0 aromatic carbocycles. The van der Waals surface area contributed by atoms with Crippen molar-refractivity contribution in [2.24, 2.45) is 5.10 Å². The van der Waals surface area contributed by atoms with Crippen LogP contribution in [0.3, 0.4) is 0 Å². The zero-order valence-corrected chi connectivity index (χ0v) is 16.2. The van der Waals surface area contributed by atoms with Crippen LogP contribution in [-0.4, -0.2) is 65.5 Å². The Labute approximate surface area is 164 Å². The van der Waals surface area contributed by atoms with Crippen molar-refractivity contribution in [3.05, 3.63) is 48.5 Å². The van der Waals surface area contributed by atoms with Crippen LogP contribution in [0.4, 0.5) is 11.4 Å². The topological polar surface area (TPSA) is 59.9 Å². The Morgan fingerprint density at radius 2 is 1.85 bits per heavy atom. The molecule has 0 aliphatic carbocycles. The van der Waals surface area contributed by atoms with Gasteiger partial charge in [0.1, 0.15) is 5.69 Å². The normalized spacial score (nSPS) is 18.4. The van der Waals surface area contributed by atoms with Gasteiger partial charge in [0.15, 0.2) is 5.11 Å². The number of nitrogens with one attached hydrogen (secondary N) is 1. The van der Waals surface area contributed by atoms with Crippen LogP contribution >= 0.6 is 12.2 Å². The van der Waals surface area contributed by atoms with Crippen molar-refractivity contribution in [3.8, 4) is 0 Å². The molecule has 0 spiro atoms. The molecule has 0 saturated carbocycles. The summed E-state index contributed by atoms with van der Waals surface area (Å²) in [4.78, 5) is 15.3. The van der Waals surface area contributed by atoms with Crippen molar-refractivity contribution in [1.29, 1.82) is 0 Å². The highest BCUT2D eigenvalue weighted by molar-refractivity contribution is 7.80. The monoisotopic (exact) mass is 381 g/mol. The summed E-state index contributed by atoms with van der Waals surface area (Å²) in [7, 11) is 2.08. The van der Waals surface area contributed by atoms with Crippen LogP contribution < -0.4 is 15.2 Å². The van der Waals surface area contributed by atoms with E-state index in [1.807, 2.05) is 36.8 Å². The minimum atomic E-state index is 0.674. The van der Waals surface area contributed by atoms with Gasteiger partial charge in [-0.2, -0.15) is 5.10 Å². The predicted molar refractivity (Wildman–Crippen MR) is 112 cm³/mol. The Morgan fingerprint density at radius 1 is 1.07 bits per heavy atom. The van der Waals surface area contributed by atoms with E-state index in [0.717, 1.165) is 56.2 Å². The second-order valence-corrected chi connectivity index (χ2v) is 7.08. The van der Waals surface area contributed by atoms with Gasteiger partial charge in [0.05, 0.1) is 11.4 Å². The third-order valence-corrected chi connectivity index (χ3v) is 5.39. The lowest BCUT2D eigenvalue weighted by atomic mass is 10.1. The lowest BCUT2D eigenvalue weighted by Gasteiger charge is -2.37. The molecular formula is C19H23N7S. The minimum Gasteiger partial charge on any atom is -0.372 e. The molecule has 0 radical (unpaired) electrons. The third-order valence-electron chi connectivity index (χ3n) is 5.04. The van der Waals surface area contributed by atoms with E-state index in [1.165, 1.54) is 5.69 Å². The Balaban J connectivity index is 1.37. The van der Waals surface area contributed by atoms with Crippen molar-refractivity contribution in [3.63, 3.8) is 0 Å². The molecule has 1 N–H and O–H groups in total. The Kier molecular flexibility index (Phi) is 5.15. The minimum absolute atomic E-state index is 0.674. The SMILES string of the molecule is CN1CC/C(=N/NC(=S)N2CCN(c3ccncc3)CC2)c2ncccc21. The molecule has 27 heavy (non-hydrogen) atoms. The largest absolute Gasteiger partial charge is 0.372 e. The first-order valence-corrected chi connectivity index (χ1v) is 9.56. The van der Waals surface area contributed by atoms with E-state index in [4.69, 9.17) is 12.2 Å². The van der Waals surface area contributed by atoms with Gasteiger partial charge in [0.2, 0.25) is 0 Å². The van der Waals surface area contributed by atoms with Crippen molar-refractivity contribution in [1.82, 2.24) is 20.3 Å². The number of hydrogen-bond acceptors (Lipinski definition) is 6. The number of anilines is 2. The molecule has 2 aliphatic rings. The number of hydrazone groups is 1. The molecular weight excluding hydrogens is 358 g/mol. The molecule has 2 aliphatic heterocycles. The quantitative estimate of drug-likeness (QED) is 0.628. The van der Waals surface area contributed by atoms with E-state index in [9.17, 15) is 0 Å². The van der Waals surface area contributed by atoms with Crippen molar-refractivity contribution >= 4 is 34.4 Å². The Morgan fingerprint density at radius 3 is 2.63 bits per heavy atom. The number of fused-ring (bicyclic) bond motifs is 1. The summed E-state index contributed by atoms with van der Waals surface area (Å²) in [5, 5.41) is 5.26. The maximum atomic E-state index is 5.57. The van der Waals surface area contributed by atoms with Gasteiger partial charge in [-0.15, -0.1) is 0 Å². The molecule has 8 heteroatoms. The van der Waals surface area contributed by atoms with Crippen molar-refractivity contribution in [2.75, 3.05) is 49.6 Å². The average Bonchev–Trinajstić information content (AvgIpc) is 2.74. The van der Waals surface area contributed by atoms with Gasteiger partial charge in [0, 0.05) is 70.5 Å². The van der Waals surface area contributed by atoms with Crippen LogP contribution in [0, 0.1) is 0 Å². The van der Waals surface area contributed by atoms with Crippen LogP contribution in [0.1, 0.15) is 12.1 Å². The number of hydrogen-bond donors (Lipinski definition) is 1. The van der Waals surface area contributed by atoms with Gasteiger partial charge in [-0.1, -0.05) is 0 Å². The fourth-order valence-corrected chi connectivity index (χ4v) is 3.69. The Hall–Kier alpha value is -2.74. The molecule has 0 amide bonds. The van der Waals surface area contributed by atoms with Gasteiger partial charge in [-0.25, -0.2) is 0 Å². The highest BCUT2D eigenvalue weighted by Gasteiger charge is 2.22. The molecule has 4 rings (SSSR count). The number of rotatable bonds is 2. The van der Waals surface area contributed by atoms with Crippen LogP contribution in [0.25, 0.3) is 0 Å². The highest BCUT2D eigenvalue weighted by Crippen LogP contribution is 2.23. The second kappa shape index (κ2) is 7.87. The zero-order valence-electron chi connectivity index (χ0n) is 15.4. The number of thiocarbonyl (C=S) groups is 1. The lowest BCUT2D eigenvalue weighted by molar-refractivity contribution is 0.381. The molecule has 0 atom stereocenters. The van der Waals surface area contributed by atoms with E-state index in [2.05, 4.69) is 48.3 Å². The molecule has 2 aromatic rings. The number of nitrogens with zero attached hydrogens (tertiary/aromatic N) is 6. The fourth-order valence-electron chi connectivity index (χ4n) is 3.46. The molecule has 140 valence electrons. The smallest absolute Gasteiger partial charge is 0.189 e. The summed E-state index contributed by atoms with van der Waals surface area (Å²) in [6.07, 6.45) is 6.32. The van der Waals surface area contributed by atoms with E-state index in [-0.39, 0.29) is 0 Å². The van der Waals surface area contributed by atoms with E-state index in [0.29, 0.717) is 5.11 Å². The van der Waals surface area contributed by atoms with Gasteiger partial charge >= 0.3 is 0 Å². The predicted octanol–water partition coefficient (Wildman–Crippen LogP) is 1.72. The average molecular weight is 382 g/mol. The second-order valence-electron chi connectivity index (χ2n) is 6.70. The maximum Gasteiger partial charge on any atom is 0.189 e. The van der Waals surface area contributed by atoms with Crippen LogP contribution in [0.15, 0.2) is 48.0 Å². The van der Waals surface area contributed by atoms with Gasteiger partial charge in [0.25, 0.3) is 0 Å². The van der Waals surface area contributed by atoms with Crippen LogP contribution in [0.2, 0.25) is 0 Å². The Bertz CT molecular complexity index is 831. The summed E-state index contributed by atoms with van der Waals surface area (Å²) >= 11 is 5.57. The van der Waals surface area contributed by atoms with Gasteiger partial charge in [-0.3, -0.25) is 15.4 Å². The van der Waals surface area contributed by atoms with Crippen LogP contribution in [-0.2, 0) is 0 Å². The van der Waals surface area contributed by atoms with E-state index < -0.39 is 0 Å². The summed E-state index contributed by atoms with van der Waals surface area (Å²) < 4.78 is 0. The zero-order chi connectivity index (χ0) is 18.6. The summed E-state index contributed by atoms with van der Waals surface area (Å²) in [5.41, 5.74) is 7.30. The number of pyridine rings is 2. The van der Waals surface area contributed by atoms with Gasteiger partial charge in [-0.05, 0) is 36.5 Å². The van der Waals surface area contributed by atoms with E-state index >= 15 is 0 Å². The first-order valence-electron chi connectivity index (χ1n) is 9.15. The summed E-state index contributed by atoms with van der Waals surface area (Å²) in [6, 6.07) is 8.12. The molecule has 4 heterocycles. The fraction of sp³-hybridized carbons (Fsp3) is 0.368. The molecule has 1 fully saturated rings.